The zero-order valence-corrected chi connectivity index (χ0v) is 9.52. The highest BCUT2D eigenvalue weighted by Gasteiger charge is 2.05. The third kappa shape index (κ3) is 2.67. The molecule has 4 nitrogen and oxygen atoms in total. The summed E-state index contributed by atoms with van der Waals surface area (Å²) in [7, 11) is 0. The van der Waals surface area contributed by atoms with Gasteiger partial charge < -0.3 is 5.32 Å². The number of halogens is 1. The van der Waals surface area contributed by atoms with Gasteiger partial charge in [0.2, 0.25) is 0 Å². The summed E-state index contributed by atoms with van der Waals surface area (Å²) in [6.07, 6.45) is 6.70. The fourth-order valence-corrected chi connectivity index (χ4v) is 1.50. The van der Waals surface area contributed by atoms with E-state index in [4.69, 9.17) is 11.6 Å². The highest BCUT2D eigenvalue weighted by atomic mass is 35.5. The van der Waals surface area contributed by atoms with E-state index >= 15 is 0 Å². The number of rotatable bonds is 3. The van der Waals surface area contributed by atoms with Gasteiger partial charge >= 0.3 is 0 Å². The molecular weight excluding hydrogens is 224 g/mol. The molecule has 0 bridgehead atoms. The van der Waals surface area contributed by atoms with Gasteiger partial charge in [-0.2, -0.15) is 0 Å². The van der Waals surface area contributed by atoms with Crippen LogP contribution in [0.25, 0.3) is 0 Å². The molecule has 2 aromatic rings. The van der Waals surface area contributed by atoms with E-state index in [0.717, 1.165) is 5.56 Å². The Morgan fingerprint density at radius 2 is 2.12 bits per heavy atom. The Balaban J connectivity index is 2.11. The van der Waals surface area contributed by atoms with Crippen molar-refractivity contribution in [1.82, 2.24) is 15.0 Å². The van der Waals surface area contributed by atoms with Gasteiger partial charge in [0.15, 0.2) is 0 Å². The van der Waals surface area contributed by atoms with Crippen LogP contribution >= 0.6 is 11.6 Å². The van der Waals surface area contributed by atoms with Gasteiger partial charge in [-0.25, -0.2) is 4.98 Å². The molecule has 1 N–H and O–H groups in total. The molecule has 2 heterocycles. The number of pyridine rings is 1. The maximum absolute atomic E-state index is 5.75. The van der Waals surface area contributed by atoms with Gasteiger partial charge in [-0.15, -0.1) is 0 Å². The highest BCUT2D eigenvalue weighted by molar-refractivity contribution is 6.29. The normalized spacial score (nSPS) is 12.1. The quantitative estimate of drug-likeness (QED) is 0.887. The van der Waals surface area contributed by atoms with Crippen molar-refractivity contribution < 1.29 is 0 Å². The molecule has 0 fully saturated rings. The predicted molar refractivity (Wildman–Crippen MR) is 63.3 cm³/mol. The summed E-state index contributed by atoms with van der Waals surface area (Å²) in [4.78, 5) is 12.1. The molecule has 1 atom stereocenters. The average Bonchev–Trinajstić information content (AvgIpc) is 2.30. The lowest BCUT2D eigenvalue weighted by Crippen LogP contribution is -2.08. The fraction of sp³-hybridized carbons (Fsp3) is 0.182. The van der Waals surface area contributed by atoms with E-state index in [-0.39, 0.29) is 6.04 Å². The molecule has 0 saturated heterocycles. The first kappa shape index (κ1) is 10.8. The second kappa shape index (κ2) is 4.90. The molecule has 16 heavy (non-hydrogen) atoms. The summed E-state index contributed by atoms with van der Waals surface area (Å²) in [6.45, 7) is 2.03. The molecule has 5 heteroatoms. The topological polar surface area (TPSA) is 50.7 Å². The lowest BCUT2D eigenvalue weighted by atomic mass is 10.1. The minimum Gasteiger partial charge on any atom is -0.362 e. The highest BCUT2D eigenvalue weighted by Crippen LogP contribution is 2.16. The molecule has 0 spiro atoms. The Bertz CT molecular complexity index is 461. The van der Waals surface area contributed by atoms with Gasteiger partial charge in [-0.1, -0.05) is 17.7 Å². The van der Waals surface area contributed by atoms with Gasteiger partial charge in [0, 0.05) is 12.4 Å². The first-order chi connectivity index (χ1) is 7.75. The summed E-state index contributed by atoms with van der Waals surface area (Å²) in [5, 5.41) is 3.58. The second-order valence-electron chi connectivity index (χ2n) is 3.38. The standard InChI is InChI=1S/C11H11ClN4/c1-8(9-3-2-4-13-5-9)15-11-7-14-6-10(12)16-11/h2-8H,1H3,(H,15,16). The Kier molecular flexibility index (Phi) is 3.31. The first-order valence-electron chi connectivity index (χ1n) is 4.90. The zero-order valence-electron chi connectivity index (χ0n) is 8.76. The van der Waals surface area contributed by atoms with Gasteiger partial charge in [0.05, 0.1) is 18.4 Å². The van der Waals surface area contributed by atoms with Gasteiger partial charge in [0.25, 0.3) is 0 Å². The first-order valence-corrected chi connectivity index (χ1v) is 5.27. The van der Waals surface area contributed by atoms with Crippen molar-refractivity contribution in [3.05, 3.63) is 47.6 Å². The zero-order chi connectivity index (χ0) is 11.4. The average molecular weight is 235 g/mol. The summed E-state index contributed by atoms with van der Waals surface area (Å²) >= 11 is 5.75. The third-order valence-electron chi connectivity index (χ3n) is 2.15. The van der Waals surface area contributed by atoms with E-state index in [0.29, 0.717) is 11.0 Å². The summed E-state index contributed by atoms with van der Waals surface area (Å²) in [5.74, 6) is 0.656. The van der Waals surface area contributed by atoms with Crippen LogP contribution in [0.1, 0.15) is 18.5 Å². The smallest absolute Gasteiger partial charge is 0.149 e. The van der Waals surface area contributed by atoms with Crippen LogP contribution in [0, 0.1) is 0 Å². The number of aromatic nitrogens is 3. The van der Waals surface area contributed by atoms with Crippen LogP contribution in [0.5, 0.6) is 0 Å². The van der Waals surface area contributed by atoms with Crippen LogP contribution in [0.2, 0.25) is 5.15 Å². The lowest BCUT2D eigenvalue weighted by molar-refractivity contribution is 0.863. The SMILES string of the molecule is CC(Nc1cncc(Cl)n1)c1cccnc1. The van der Waals surface area contributed by atoms with Crippen molar-refractivity contribution in [2.45, 2.75) is 13.0 Å². The van der Waals surface area contributed by atoms with E-state index in [9.17, 15) is 0 Å². The van der Waals surface area contributed by atoms with Gasteiger partial charge in [0.1, 0.15) is 11.0 Å². The molecule has 0 aliphatic rings. The third-order valence-corrected chi connectivity index (χ3v) is 2.34. The number of nitrogens with one attached hydrogen (secondary N) is 1. The van der Waals surface area contributed by atoms with Crippen molar-refractivity contribution in [2.75, 3.05) is 5.32 Å². The van der Waals surface area contributed by atoms with Crippen LogP contribution in [0.3, 0.4) is 0 Å². The van der Waals surface area contributed by atoms with Crippen molar-refractivity contribution in [3.63, 3.8) is 0 Å². The number of anilines is 1. The lowest BCUT2D eigenvalue weighted by Gasteiger charge is -2.13. The van der Waals surface area contributed by atoms with Crippen LogP contribution in [-0.2, 0) is 0 Å². The minimum atomic E-state index is 0.112. The Hall–Kier alpha value is -1.68. The molecule has 2 rings (SSSR count). The number of hydrogen-bond acceptors (Lipinski definition) is 4. The van der Waals surface area contributed by atoms with Crippen LogP contribution in [-0.4, -0.2) is 15.0 Å². The van der Waals surface area contributed by atoms with Crippen molar-refractivity contribution >= 4 is 17.4 Å². The van der Waals surface area contributed by atoms with Crippen molar-refractivity contribution in [3.8, 4) is 0 Å². The summed E-state index contributed by atoms with van der Waals surface area (Å²) in [6, 6.07) is 4.02. The Morgan fingerprint density at radius 3 is 2.81 bits per heavy atom. The van der Waals surface area contributed by atoms with E-state index in [1.807, 2.05) is 25.3 Å². The van der Waals surface area contributed by atoms with Crippen LogP contribution in [0.15, 0.2) is 36.9 Å². The molecular formula is C11H11ClN4. The maximum Gasteiger partial charge on any atom is 0.149 e. The Morgan fingerprint density at radius 1 is 1.25 bits per heavy atom. The molecule has 2 aromatic heterocycles. The van der Waals surface area contributed by atoms with Crippen molar-refractivity contribution in [2.24, 2.45) is 0 Å². The second-order valence-corrected chi connectivity index (χ2v) is 3.77. The largest absolute Gasteiger partial charge is 0.362 e. The number of hydrogen-bond donors (Lipinski definition) is 1. The molecule has 0 amide bonds. The van der Waals surface area contributed by atoms with E-state index in [1.165, 1.54) is 6.20 Å². The molecule has 0 aliphatic carbocycles. The van der Waals surface area contributed by atoms with Gasteiger partial charge in [-0.3, -0.25) is 9.97 Å². The molecule has 82 valence electrons. The molecule has 0 aliphatic heterocycles. The fourth-order valence-electron chi connectivity index (χ4n) is 1.35. The molecule has 0 saturated carbocycles. The van der Waals surface area contributed by atoms with E-state index in [1.54, 1.807) is 12.4 Å². The van der Waals surface area contributed by atoms with Crippen LogP contribution < -0.4 is 5.32 Å². The Labute approximate surface area is 98.7 Å². The summed E-state index contributed by atoms with van der Waals surface area (Å²) < 4.78 is 0. The predicted octanol–water partition coefficient (Wildman–Crippen LogP) is 2.70. The molecule has 0 aromatic carbocycles. The summed E-state index contributed by atoms with van der Waals surface area (Å²) in [5.41, 5.74) is 1.09. The molecule has 1 unspecified atom stereocenters. The monoisotopic (exact) mass is 234 g/mol. The number of nitrogens with zero attached hydrogens (tertiary/aromatic N) is 3. The molecule has 0 radical (unpaired) electrons. The van der Waals surface area contributed by atoms with Gasteiger partial charge in [-0.05, 0) is 18.6 Å². The minimum absolute atomic E-state index is 0.112. The van der Waals surface area contributed by atoms with Crippen LogP contribution in [0.4, 0.5) is 5.82 Å². The van der Waals surface area contributed by atoms with E-state index < -0.39 is 0 Å². The van der Waals surface area contributed by atoms with E-state index in [2.05, 4.69) is 20.3 Å². The van der Waals surface area contributed by atoms with Crippen molar-refractivity contribution in [1.29, 1.82) is 0 Å². The maximum atomic E-state index is 5.75.